The Kier molecular flexibility index (Phi) is 4.81. The summed E-state index contributed by atoms with van der Waals surface area (Å²) in [5.41, 5.74) is 2.28. The topological polar surface area (TPSA) is 77.5 Å². The molecule has 1 amide bonds. The largest absolute Gasteiger partial charge is 0.461 e. The number of carbonyl (C=O) groups is 1. The van der Waals surface area contributed by atoms with Crippen LogP contribution in [-0.2, 0) is 11.2 Å². The molecule has 2 unspecified atom stereocenters. The Balaban J connectivity index is 1.50. The molecule has 1 aromatic carbocycles. The molecule has 27 heavy (non-hydrogen) atoms. The molecule has 1 N–H and O–H groups in total. The van der Waals surface area contributed by atoms with Gasteiger partial charge in [-0.1, -0.05) is 35.5 Å². The van der Waals surface area contributed by atoms with E-state index in [2.05, 4.69) is 10.5 Å². The first-order valence-electron chi connectivity index (χ1n) is 9.07. The third-order valence-corrected chi connectivity index (χ3v) is 4.79. The Morgan fingerprint density at radius 3 is 2.74 bits per heavy atom. The number of ether oxygens (including phenoxy) is 1. The number of furan rings is 1. The van der Waals surface area contributed by atoms with Crippen molar-refractivity contribution in [1.29, 1.82) is 0 Å². The van der Waals surface area contributed by atoms with Crippen LogP contribution in [0.25, 0.3) is 11.3 Å². The van der Waals surface area contributed by atoms with Gasteiger partial charge in [-0.3, -0.25) is 4.79 Å². The molecule has 3 heterocycles. The van der Waals surface area contributed by atoms with Crippen molar-refractivity contribution in [2.75, 3.05) is 13.2 Å². The number of nitrogens with zero attached hydrogens (tertiary/aromatic N) is 1. The number of hydrogen-bond donors (Lipinski definition) is 1. The zero-order valence-electron chi connectivity index (χ0n) is 15.4. The second-order valence-electron chi connectivity index (χ2n) is 6.98. The summed E-state index contributed by atoms with van der Waals surface area (Å²) < 4.78 is 16.7. The summed E-state index contributed by atoms with van der Waals surface area (Å²) in [5, 5.41) is 7.03. The van der Waals surface area contributed by atoms with Gasteiger partial charge in [-0.25, -0.2) is 0 Å². The molecule has 2 aromatic heterocycles. The van der Waals surface area contributed by atoms with E-state index in [1.807, 2.05) is 50.2 Å². The number of rotatable bonds is 5. The maximum atomic E-state index is 12.9. The van der Waals surface area contributed by atoms with Crippen LogP contribution in [0.3, 0.4) is 0 Å². The van der Waals surface area contributed by atoms with E-state index in [9.17, 15) is 4.79 Å². The van der Waals surface area contributed by atoms with Crippen LogP contribution in [0.4, 0.5) is 0 Å². The number of aromatic nitrogens is 1. The summed E-state index contributed by atoms with van der Waals surface area (Å²) in [7, 11) is 0. The van der Waals surface area contributed by atoms with Gasteiger partial charge in [0.05, 0.1) is 30.5 Å². The highest BCUT2D eigenvalue weighted by atomic mass is 16.5. The van der Waals surface area contributed by atoms with Crippen molar-refractivity contribution in [1.82, 2.24) is 10.5 Å². The third kappa shape index (κ3) is 3.80. The van der Waals surface area contributed by atoms with Crippen molar-refractivity contribution in [2.45, 2.75) is 26.3 Å². The highest BCUT2D eigenvalue weighted by Gasteiger charge is 2.32. The van der Waals surface area contributed by atoms with Gasteiger partial charge in [-0.15, -0.1) is 0 Å². The van der Waals surface area contributed by atoms with E-state index in [0.29, 0.717) is 36.7 Å². The van der Waals surface area contributed by atoms with Gasteiger partial charge in [0.2, 0.25) is 0 Å². The van der Waals surface area contributed by atoms with E-state index >= 15 is 0 Å². The second-order valence-corrected chi connectivity index (χ2v) is 6.98. The number of carbonyl (C=O) groups excluding carboxylic acids is 1. The van der Waals surface area contributed by atoms with E-state index in [0.717, 1.165) is 17.0 Å². The Bertz CT molecular complexity index is 929. The van der Waals surface area contributed by atoms with Gasteiger partial charge in [0, 0.05) is 24.0 Å². The number of aryl methyl sites for hydroxylation is 2. The monoisotopic (exact) mass is 366 g/mol. The van der Waals surface area contributed by atoms with Crippen LogP contribution in [0.2, 0.25) is 0 Å². The Morgan fingerprint density at radius 1 is 1.19 bits per heavy atom. The summed E-state index contributed by atoms with van der Waals surface area (Å²) >= 11 is 0. The van der Waals surface area contributed by atoms with Gasteiger partial charge >= 0.3 is 0 Å². The van der Waals surface area contributed by atoms with Crippen molar-refractivity contribution < 1.29 is 18.5 Å². The van der Waals surface area contributed by atoms with E-state index in [4.69, 9.17) is 13.7 Å². The number of nitrogens with one attached hydrogen (secondary N) is 1. The molecule has 0 aliphatic carbocycles. The summed E-state index contributed by atoms with van der Waals surface area (Å²) in [6.07, 6.45) is 0.682. The number of hydrogen-bond acceptors (Lipinski definition) is 5. The molecule has 6 nitrogen and oxygen atoms in total. The normalized spacial score (nSPS) is 19.3. The first-order chi connectivity index (χ1) is 13.1. The standard InChI is InChI=1S/C21H22N2O4/c1-13-8-17(27-23-13)10-16-11-25-12-19(16)22-21(24)18-9-14(2)26-20(18)15-6-4-3-5-7-15/h3-9,16,19H,10-12H2,1-2H3,(H,22,24). The maximum absolute atomic E-state index is 12.9. The lowest BCUT2D eigenvalue weighted by Crippen LogP contribution is -2.40. The molecule has 6 heteroatoms. The summed E-state index contributed by atoms with van der Waals surface area (Å²) in [4.78, 5) is 12.9. The molecule has 0 bridgehead atoms. The van der Waals surface area contributed by atoms with Crippen LogP contribution in [0, 0.1) is 19.8 Å². The highest BCUT2D eigenvalue weighted by molar-refractivity contribution is 6.00. The van der Waals surface area contributed by atoms with Gasteiger partial charge in [0.25, 0.3) is 5.91 Å². The van der Waals surface area contributed by atoms with Crippen molar-refractivity contribution >= 4 is 5.91 Å². The smallest absolute Gasteiger partial charge is 0.255 e. The maximum Gasteiger partial charge on any atom is 0.255 e. The fourth-order valence-corrected chi connectivity index (χ4v) is 3.46. The van der Waals surface area contributed by atoms with E-state index in [-0.39, 0.29) is 17.9 Å². The lowest BCUT2D eigenvalue weighted by atomic mass is 9.97. The van der Waals surface area contributed by atoms with Crippen LogP contribution in [0.15, 0.2) is 51.4 Å². The van der Waals surface area contributed by atoms with Gasteiger partial charge in [-0.05, 0) is 19.9 Å². The minimum atomic E-state index is -0.153. The summed E-state index contributed by atoms with van der Waals surface area (Å²) in [6, 6.07) is 13.3. The average Bonchev–Trinajstić information content (AvgIpc) is 3.37. The molecule has 1 aliphatic rings. The molecule has 2 atom stereocenters. The fraction of sp³-hybridized carbons (Fsp3) is 0.333. The zero-order valence-corrected chi connectivity index (χ0v) is 15.4. The summed E-state index contributed by atoms with van der Waals surface area (Å²) in [6.45, 7) is 4.81. The molecule has 4 rings (SSSR count). The van der Waals surface area contributed by atoms with Crippen molar-refractivity contribution in [2.24, 2.45) is 5.92 Å². The predicted octanol–water partition coefficient (Wildman–Crippen LogP) is 3.54. The van der Waals surface area contributed by atoms with Crippen molar-refractivity contribution in [3.63, 3.8) is 0 Å². The SMILES string of the molecule is Cc1cc(CC2COCC2NC(=O)c2cc(C)oc2-c2ccccc2)on1. The second kappa shape index (κ2) is 7.40. The minimum Gasteiger partial charge on any atom is -0.461 e. The molecular formula is C21H22N2O4. The van der Waals surface area contributed by atoms with E-state index < -0.39 is 0 Å². The Morgan fingerprint density at radius 2 is 2.00 bits per heavy atom. The van der Waals surface area contributed by atoms with Crippen LogP contribution in [-0.4, -0.2) is 30.3 Å². The summed E-state index contributed by atoms with van der Waals surface area (Å²) in [5.74, 6) is 2.10. The van der Waals surface area contributed by atoms with Gasteiger partial charge < -0.3 is 19.0 Å². The van der Waals surface area contributed by atoms with Crippen LogP contribution >= 0.6 is 0 Å². The van der Waals surface area contributed by atoms with Crippen molar-refractivity contribution in [3.05, 3.63) is 65.2 Å². The molecule has 1 fully saturated rings. The lowest BCUT2D eigenvalue weighted by molar-refractivity contribution is 0.0924. The van der Waals surface area contributed by atoms with Crippen molar-refractivity contribution in [3.8, 4) is 11.3 Å². The molecule has 0 saturated carbocycles. The van der Waals surface area contributed by atoms with E-state index in [1.165, 1.54) is 0 Å². The average molecular weight is 366 g/mol. The highest BCUT2D eigenvalue weighted by Crippen LogP contribution is 2.28. The van der Waals surface area contributed by atoms with Crippen LogP contribution in [0.5, 0.6) is 0 Å². The molecule has 0 radical (unpaired) electrons. The van der Waals surface area contributed by atoms with Crippen LogP contribution < -0.4 is 5.32 Å². The fourth-order valence-electron chi connectivity index (χ4n) is 3.46. The molecule has 0 spiro atoms. The quantitative estimate of drug-likeness (QED) is 0.747. The molecule has 3 aromatic rings. The zero-order chi connectivity index (χ0) is 18.8. The first-order valence-corrected chi connectivity index (χ1v) is 9.07. The van der Waals surface area contributed by atoms with Gasteiger partial charge in [0.15, 0.2) is 0 Å². The van der Waals surface area contributed by atoms with Gasteiger partial charge in [-0.2, -0.15) is 0 Å². The first kappa shape index (κ1) is 17.5. The minimum absolute atomic E-state index is 0.0817. The lowest BCUT2D eigenvalue weighted by Gasteiger charge is -2.18. The van der Waals surface area contributed by atoms with Crippen LogP contribution in [0.1, 0.15) is 27.6 Å². The van der Waals surface area contributed by atoms with Gasteiger partial charge in [0.1, 0.15) is 17.3 Å². The molecule has 1 saturated heterocycles. The third-order valence-electron chi connectivity index (χ3n) is 4.79. The number of amides is 1. The Hall–Kier alpha value is -2.86. The van der Waals surface area contributed by atoms with E-state index in [1.54, 1.807) is 6.07 Å². The predicted molar refractivity (Wildman–Crippen MR) is 99.4 cm³/mol. The Labute approximate surface area is 157 Å². The molecule has 140 valence electrons. The molecular weight excluding hydrogens is 344 g/mol. The number of benzene rings is 1. The molecule has 1 aliphatic heterocycles.